The Bertz CT molecular complexity index is 567. The molecule has 1 aromatic rings. The van der Waals surface area contributed by atoms with Crippen LogP contribution >= 0.6 is 0 Å². The molecule has 21 heavy (non-hydrogen) atoms. The summed E-state index contributed by atoms with van der Waals surface area (Å²) in [6, 6.07) is 4.78. The molecule has 118 valence electrons. The first-order chi connectivity index (χ1) is 10.0. The van der Waals surface area contributed by atoms with Crippen LogP contribution in [0.3, 0.4) is 0 Å². The van der Waals surface area contributed by atoms with E-state index in [4.69, 9.17) is 4.74 Å². The predicted molar refractivity (Wildman–Crippen MR) is 80.5 cm³/mol. The van der Waals surface area contributed by atoms with E-state index in [-0.39, 0.29) is 11.5 Å². The van der Waals surface area contributed by atoms with Gasteiger partial charge >= 0.3 is 0 Å². The minimum absolute atomic E-state index is 0.163. The lowest BCUT2D eigenvalue weighted by atomic mass is 10.1. The van der Waals surface area contributed by atoms with Gasteiger partial charge in [0, 0.05) is 19.8 Å². The molecule has 2 N–H and O–H groups in total. The second-order valence-corrected chi connectivity index (χ2v) is 7.28. The van der Waals surface area contributed by atoms with Gasteiger partial charge in [-0.25, -0.2) is 13.1 Å². The van der Waals surface area contributed by atoms with Crippen molar-refractivity contribution in [2.24, 2.45) is 5.92 Å². The molecule has 1 fully saturated rings. The van der Waals surface area contributed by atoms with Crippen LogP contribution in [-0.4, -0.2) is 33.3 Å². The van der Waals surface area contributed by atoms with Crippen LogP contribution in [-0.2, 0) is 21.4 Å². The monoisotopic (exact) mass is 313 g/mol. The van der Waals surface area contributed by atoms with Gasteiger partial charge in [0.1, 0.15) is 0 Å². The topological polar surface area (TPSA) is 75.6 Å². The lowest BCUT2D eigenvalue weighted by Crippen LogP contribution is -2.25. The van der Waals surface area contributed by atoms with Crippen molar-refractivity contribution in [3.05, 3.63) is 29.3 Å². The molecule has 0 atom stereocenters. The number of ether oxygens (including phenoxy) is 1. The minimum atomic E-state index is -3.52. The number of aryl methyl sites for hydroxylation is 1. The second kappa shape index (κ2) is 7.35. The van der Waals surface area contributed by atoms with E-state index in [1.807, 2.05) is 6.92 Å². The first kappa shape index (κ1) is 16.4. The average molecular weight is 313 g/mol. The molecule has 0 heterocycles. The number of sulfonamides is 1. The molecule has 6 heteroatoms. The third-order valence-electron chi connectivity index (χ3n) is 3.61. The average Bonchev–Trinajstić information content (AvgIpc) is 3.27. The summed E-state index contributed by atoms with van der Waals surface area (Å²) in [5.74, 6) is 0.728. The van der Waals surface area contributed by atoms with Crippen LogP contribution in [0.5, 0.6) is 0 Å². The third kappa shape index (κ3) is 5.07. The maximum absolute atomic E-state index is 12.1. The van der Waals surface area contributed by atoms with Gasteiger partial charge in [0.15, 0.2) is 0 Å². The first-order valence-corrected chi connectivity index (χ1v) is 8.79. The molecular formula is C15H23NO4S. The summed E-state index contributed by atoms with van der Waals surface area (Å²) < 4.78 is 32.3. The fourth-order valence-electron chi connectivity index (χ4n) is 1.98. The molecule has 0 bridgehead atoms. The molecular weight excluding hydrogens is 290 g/mol. The SMILES string of the molecule is Cc1ccc(S(=O)(=O)NCCCOCC2CC2)cc1CO. The molecule has 0 amide bonds. The van der Waals surface area contributed by atoms with E-state index >= 15 is 0 Å². The quantitative estimate of drug-likeness (QED) is 0.679. The maximum Gasteiger partial charge on any atom is 0.240 e. The highest BCUT2D eigenvalue weighted by atomic mass is 32.2. The van der Waals surface area contributed by atoms with Crippen molar-refractivity contribution in [1.82, 2.24) is 4.72 Å². The number of hydrogen-bond acceptors (Lipinski definition) is 4. The predicted octanol–water partition coefficient (Wildman–Crippen LogP) is 1.58. The summed E-state index contributed by atoms with van der Waals surface area (Å²) in [6.07, 6.45) is 3.17. The van der Waals surface area contributed by atoms with E-state index < -0.39 is 10.0 Å². The van der Waals surface area contributed by atoms with Gasteiger partial charge in [0.25, 0.3) is 0 Å². The molecule has 0 aromatic heterocycles. The van der Waals surface area contributed by atoms with Crippen LogP contribution in [0.25, 0.3) is 0 Å². The highest BCUT2D eigenvalue weighted by molar-refractivity contribution is 7.89. The zero-order valence-electron chi connectivity index (χ0n) is 12.3. The molecule has 0 spiro atoms. The van der Waals surface area contributed by atoms with Gasteiger partial charge in [-0.05, 0) is 55.4 Å². The zero-order valence-corrected chi connectivity index (χ0v) is 13.2. The molecule has 1 aromatic carbocycles. The number of benzene rings is 1. The van der Waals surface area contributed by atoms with Gasteiger partial charge in [-0.2, -0.15) is 0 Å². The lowest BCUT2D eigenvalue weighted by molar-refractivity contribution is 0.123. The Kier molecular flexibility index (Phi) is 5.75. The Morgan fingerprint density at radius 1 is 1.38 bits per heavy atom. The Morgan fingerprint density at radius 3 is 2.81 bits per heavy atom. The summed E-state index contributed by atoms with van der Waals surface area (Å²) in [5.41, 5.74) is 1.51. The van der Waals surface area contributed by atoms with Crippen molar-refractivity contribution in [2.75, 3.05) is 19.8 Å². The fourth-order valence-corrected chi connectivity index (χ4v) is 3.11. The third-order valence-corrected chi connectivity index (χ3v) is 5.07. The summed E-state index contributed by atoms with van der Waals surface area (Å²) in [6.45, 7) is 3.41. The number of rotatable bonds is 9. The molecule has 0 aliphatic heterocycles. The number of hydrogen-bond donors (Lipinski definition) is 2. The van der Waals surface area contributed by atoms with Gasteiger partial charge in [0.2, 0.25) is 10.0 Å². The molecule has 0 unspecified atom stereocenters. The van der Waals surface area contributed by atoms with Gasteiger partial charge in [0.05, 0.1) is 11.5 Å². The fraction of sp³-hybridized carbons (Fsp3) is 0.600. The Morgan fingerprint density at radius 2 is 2.14 bits per heavy atom. The standard InChI is InChI=1S/C15H23NO4S/c1-12-3-6-15(9-14(12)10-17)21(18,19)16-7-2-8-20-11-13-4-5-13/h3,6,9,13,16-17H,2,4-5,7-8,10-11H2,1H3. The van der Waals surface area contributed by atoms with Crippen LogP contribution in [0.1, 0.15) is 30.4 Å². The lowest BCUT2D eigenvalue weighted by Gasteiger charge is -2.09. The van der Waals surface area contributed by atoms with E-state index in [9.17, 15) is 13.5 Å². The summed E-state index contributed by atoms with van der Waals surface area (Å²) in [5, 5.41) is 9.20. The van der Waals surface area contributed by atoms with E-state index in [1.54, 1.807) is 12.1 Å². The van der Waals surface area contributed by atoms with Crippen molar-refractivity contribution in [3.8, 4) is 0 Å². The molecule has 2 rings (SSSR count). The Labute approximate surface area is 126 Å². The van der Waals surface area contributed by atoms with Crippen molar-refractivity contribution >= 4 is 10.0 Å². The highest BCUT2D eigenvalue weighted by Gasteiger charge is 2.21. The Hall–Kier alpha value is -0.950. The molecule has 1 aliphatic rings. The minimum Gasteiger partial charge on any atom is -0.392 e. The van der Waals surface area contributed by atoms with Crippen molar-refractivity contribution in [3.63, 3.8) is 0 Å². The summed E-state index contributed by atoms with van der Waals surface area (Å²) in [4.78, 5) is 0.191. The largest absolute Gasteiger partial charge is 0.392 e. The normalized spacial score (nSPS) is 15.3. The molecule has 5 nitrogen and oxygen atoms in total. The summed E-state index contributed by atoms with van der Waals surface area (Å²) in [7, 11) is -3.52. The highest BCUT2D eigenvalue weighted by Crippen LogP contribution is 2.28. The van der Waals surface area contributed by atoms with Crippen molar-refractivity contribution < 1.29 is 18.3 Å². The molecule has 1 saturated carbocycles. The van der Waals surface area contributed by atoms with Crippen LogP contribution in [0.4, 0.5) is 0 Å². The molecule has 0 radical (unpaired) electrons. The van der Waals surface area contributed by atoms with E-state index in [0.29, 0.717) is 25.1 Å². The van der Waals surface area contributed by atoms with E-state index in [0.717, 1.165) is 18.1 Å². The van der Waals surface area contributed by atoms with Crippen LogP contribution in [0, 0.1) is 12.8 Å². The number of aliphatic hydroxyl groups excluding tert-OH is 1. The zero-order chi connectivity index (χ0) is 15.3. The smallest absolute Gasteiger partial charge is 0.240 e. The van der Waals surface area contributed by atoms with Gasteiger partial charge < -0.3 is 9.84 Å². The van der Waals surface area contributed by atoms with Crippen LogP contribution in [0.2, 0.25) is 0 Å². The second-order valence-electron chi connectivity index (χ2n) is 5.52. The van der Waals surface area contributed by atoms with Crippen molar-refractivity contribution in [2.45, 2.75) is 37.7 Å². The van der Waals surface area contributed by atoms with Gasteiger partial charge in [-0.1, -0.05) is 6.07 Å². The molecule has 0 saturated heterocycles. The number of aliphatic hydroxyl groups is 1. The molecule has 1 aliphatic carbocycles. The maximum atomic E-state index is 12.1. The Balaban J connectivity index is 1.80. The van der Waals surface area contributed by atoms with E-state index in [2.05, 4.69) is 4.72 Å². The van der Waals surface area contributed by atoms with E-state index in [1.165, 1.54) is 18.9 Å². The first-order valence-electron chi connectivity index (χ1n) is 7.31. The van der Waals surface area contributed by atoms with Gasteiger partial charge in [-0.15, -0.1) is 0 Å². The van der Waals surface area contributed by atoms with Crippen LogP contribution < -0.4 is 4.72 Å². The van der Waals surface area contributed by atoms with Crippen molar-refractivity contribution in [1.29, 1.82) is 0 Å². The van der Waals surface area contributed by atoms with Gasteiger partial charge in [-0.3, -0.25) is 0 Å². The van der Waals surface area contributed by atoms with Crippen LogP contribution in [0.15, 0.2) is 23.1 Å². The summed E-state index contributed by atoms with van der Waals surface area (Å²) >= 11 is 0. The number of nitrogens with one attached hydrogen (secondary N) is 1.